The molecule has 0 amide bonds. The summed E-state index contributed by atoms with van der Waals surface area (Å²) in [5.41, 5.74) is 1.15. The highest BCUT2D eigenvalue weighted by Gasteiger charge is 2.24. The van der Waals surface area contributed by atoms with Crippen LogP contribution in [0.25, 0.3) is 0 Å². The molecule has 3 atom stereocenters. The van der Waals surface area contributed by atoms with Gasteiger partial charge in [0.2, 0.25) is 0 Å². The van der Waals surface area contributed by atoms with Crippen molar-refractivity contribution in [2.45, 2.75) is 51.5 Å². The number of ether oxygens (including phenoxy) is 3. The number of nitrogens with one attached hydrogen (secondary N) is 1. The van der Waals surface area contributed by atoms with Crippen molar-refractivity contribution in [3.8, 4) is 11.5 Å². The zero-order valence-electron chi connectivity index (χ0n) is 12.8. The maximum Gasteiger partial charge on any atom is 0.127 e. The summed E-state index contributed by atoms with van der Waals surface area (Å²) in [7, 11) is 3.36. The van der Waals surface area contributed by atoms with Crippen LogP contribution in [0, 0.1) is 0 Å². The molecule has 0 bridgehead atoms. The zero-order chi connectivity index (χ0) is 14.5. The van der Waals surface area contributed by atoms with E-state index in [2.05, 4.69) is 25.2 Å². The molecule has 1 aliphatic rings. The molecule has 1 heterocycles. The van der Waals surface area contributed by atoms with Crippen molar-refractivity contribution in [3.05, 3.63) is 23.8 Å². The van der Waals surface area contributed by atoms with Crippen LogP contribution in [0.2, 0.25) is 0 Å². The summed E-state index contributed by atoms with van der Waals surface area (Å²) in [5, 5.41) is 3.61. The molecule has 0 saturated carbocycles. The molecule has 1 aromatic rings. The molecular weight excluding hydrogens is 254 g/mol. The molecule has 0 aliphatic carbocycles. The van der Waals surface area contributed by atoms with Crippen molar-refractivity contribution >= 4 is 0 Å². The van der Waals surface area contributed by atoms with Gasteiger partial charge in [0.05, 0.1) is 26.4 Å². The van der Waals surface area contributed by atoms with Crippen LogP contribution < -0.4 is 14.8 Å². The largest absolute Gasteiger partial charge is 0.497 e. The lowest BCUT2D eigenvalue weighted by Gasteiger charge is -2.32. The molecule has 112 valence electrons. The quantitative estimate of drug-likeness (QED) is 0.899. The van der Waals surface area contributed by atoms with Crippen molar-refractivity contribution < 1.29 is 14.2 Å². The standard InChI is InChI=1S/C16H25NO3/c1-11-7-14(8-12(2)20-11)17-10-13-5-6-15(18-3)9-16(13)19-4/h5-6,9,11-12,14,17H,7-8,10H2,1-4H3/t11-,12+,14+. The third kappa shape index (κ3) is 3.87. The number of hydrogen-bond donors (Lipinski definition) is 1. The first kappa shape index (κ1) is 15.1. The lowest BCUT2D eigenvalue weighted by Crippen LogP contribution is -2.41. The Bertz CT molecular complexity index is 426. The van der Waals surface area contributed by atoms with Crippen molar-refractivity contribution in [2.75, 3.05) is 14.2 Å². The Morgan fingerprint density at radius 2 is 1.85 bits per heavy atom. The second-order valence-corrected chi connectivity index (χ2v) is 5.48. The Labute approximate surface area is 121 Å². The molecule has 1 N–H and O–H groups in total. The Morgan fingerprint density at radius 3 is 2.45 bits per heavy atom. The normalized spacial score (nSPS) is 26.3. The molecule has 0 spiro atoms. The zero-order valence-corrected chi connectivity index (χ0v) is 12.8. The fourth-order valence-corrected chi connectivity index (χ4v) is 2.82. The summed E-state index contributed by atoms with van der Waals surface area (Å²) in [6.45, 7) is 5.08. The minimum absolute atomic E-state index is 0.328. The van der Waals surface area contributed by atoms with Gasteiger partial charge in [0.1, 0.15) is 11.5 Å². The molecule has 1 aromatic carbocycles. The smallest absolute Gasteiger partial charge is 0.127 e. The van der Waals surface area contributed by atoms with E-state index in [1.807, 2.05) is 12.1 Å². The van der Waals surface area contributed by atoms with Gasteiger partial charge < -0.3 is 19.5 Å². The summed E-state index contributed by atoms with van der Waals surface area (Å²) >= 11 is 0. The van der Waals surface area contributed by atoms with Crippen molar-refractivity contribution in [1.29, 1.82) is 0 Å². The van der Waals surface area contributed by atoms with E-state index in [4.69, 9.17) is 14.2 Å². The third-order valence-electron chi connectivity index (χ3n) is 3.77. The van der Waals surface area contributed by atoms with Crippen LogP contribution in [0.5, 0.6) is 11.5 Å². The van der Waals surface area contributed by atoms with E-state index in [1.54, 1.807) is 14.2 Å². The Morgan fingerprint density at radius 1 is 1.15 bits per heavy atom. The van der Waals surface area contributed by atoms with Crippen LogP contribution >= 0.6 is 0 Å². The van der Waals surface area contributed by atoms with Gasteiger partial charge in [0, 0.05) is 24.2 Å². The van der Waals surface area contributed by atoms with Crippen LogP contribution in [-0.2, 0) is 11.3 Å². The summed E-state index contributed by atoms with van der Waals surface area (Å²) in [5.74, 6) is 1.68. The number of methoxy groups -OCH3 is 2. The second-order valence-electron chi connectivity index (χ2n) is 5.48. The fraction of sp³-hybridized carbons (Fsp3) is 0.625. The summed E-state index contributed by atoms with van der Waals surface area (Å²) in [6.07, 6.45) is 2.77. The molecular formula is C16H25NO3. The van der Waals surface area contributed by atoms with Gasteiger partial charge in [-0.2, -0.15) is 0 Å². The molecule has 1 aliphatic heterocycles. The van der Waals surface area contributed by atoms with Crippen LogP contribution in [-0.4, -0.2) is 32.5 Å². The van der Waals surface area contributed by atoms with Crippen LogP contribution in [0.3, 0.4) is 0 Å². The highest BCUT2D eigenvalue weighted by atomic mass is 16.5. The average Bonchev–Trinajstić information content (AvgIpc) is 2.44. The van der Waals surface area contributed by atoms with Gasteiger partial charge >= 0.3 is 0 Å². The average molecular weight is 279 g/mol. The molecule has 2 rings (SSSR count). The van der Waals surface area contributed by atoms with Crippen molar-refractivity contribution in [3.63, 3.8) is 0 Å². The van der Waals surface area contributed by atoms with Crippen molar-refractivity contribution in [2.24, 2.45) is 0 Å². The molecule has 0 aromatic heterocycles. The van der Waals surface area contributed by atoms with Crippen LogP contribution in [0.1, 0.15) is 32.3 Å². The molecule has 0 radical (unpaired) electrons. The number of benzene rings is 1. The van der Waals surface area contributed by atoms with E-state index in [1.165, 1.54) is 0 Å². The monoisotopic (exact) mass is 279 g/mol. The van der Waals surface area contributed by atoms with Gasteiger partial charge in [0.15, 0.2) is 0 Å². The maximum atomic E-state index is 5.76. The Hall–Kier alpha value is -1.26. The molecule has 1 fully saturated rings. The summed E-state index contributed by atoms with van der Waals surface area (Å²) in [4.78, 5) is 0. The van der Waals surface area contributed by atoms with E-state index in [0.29, 0.717) is 18.2 Å². The van der Waals surface area contributed by atoms with Gasteiger partial charge in [-0.3, -0.25) is 0 Å². The molecule has 20 heavy (non-hydrogen) atoms. The summed E-state index contributed by atoms with van der Waals surface area (Å²) < 4.78 is 16.4. The lowest BCUT2D eigenvalue weighted by molar-refractivity contribution is -0.0423. The van der Waals surface area contributed by atoms with E-state index < -0.39 is 0 Å². The van der Waals surface area contributed by atoms with Crippen LogP contribution in [0.15, 0.2) is 18.2 Å². The van der Waals surface area contributed by atoms with E-state index in [9.17, 15) is 0 Å². The Kier molecular flexibility index (Phi) is 5.26. The highest BCUT2D eigenvalue weighted by molar-refractivity contribution is 5.40. The SMILES string of the molecule is COc1ccc(CN[C@H]2C[C@@H](C)O[C@@H](C)C2)c(OC)c1. The van der Waals surface area contributed by atoms with Gasteiger partial charge in [-0.25, -0.2) is 0 Å². The fourth-order valence-electron chi connectivity index (χ4n) is 2.82. The maximum absolute atomic E-state index is 5.76. The first-order chi connectivity index (χ1) is 9.62. The first-order valence-corrected chi connectivity index (χ1v) is 7.22. The van der Waals surface area contributed by atoms with E-state index in [-0.39, 0.29) is 0 Å². The molecule has 1 saturated heterocycles. The van der Waals surface area contributed by atoms with Crippen LogP contribution in [0.4, 0.5) is 0 Å². The number of hydrogen-bond acceptors (Lipinski definition) is 4. The number of rotatable bonds is 5. The third-order valence-corrected chi connectivity index (χ3v) is 3.77. The minimum atomic E-state index is 0.328. The minimum Gasteiger partial charge on any atom is -0.497 e. The second kappa shape index (κ2) is 6.95. The van der Waals surface area contributed by atoms with Gasteiger partial charge in [-0.1, -0.05) is 6.07 Å². The van der Waals surface area contributed by atoms with Gasteiger partial charge in [-0.05, 0) is 32.8 Å². The predicted octanol–water partition coefficient (Wildman–Crippen LogP) is 2.75. The lowest BCUT2D eigenvalue weighted by atomic mass is 9.99. The summed E-state index contributed by atoms with van der Waals surface area (Å²) in [6, 6.07) is 6.44. The molecule has 4 heteroatoms. The highest BCUT2D eigenvalue weighted by Crippen LogP contribution is 2.25. The molecule has 0 unspecified atom stereocenters. The van der Waals surface area contributed by atoms with Crippen molar-refractivity contribution in [1.82, 2.24) is 5.32 Å². The van der Waals surface area contributed by atoms with Gasteiger partial charge in [0.25, 0.3) is 0 Å². The van der Waals surface area contributed by atoms with E-state index >= 15 is 0 Å². The topological polar surface area (TPSA) is 39.7 Å². The molecule has 4 nitrogen and oxygen atoms in total. The van der Waals surface area contributed by atoms with E-state index in [0.717, 1.165) is 36.4 Å². The van der Waals surface area contributed by atoms with Gasteiger partial charge in [-0.15, -0.1) is 0 Å². The predicted molar refractivity (Wildman–Crippen MR) is 79.4 cm³/mol. The first-order valence-electron chi connectivity index (χ1n) is 7.22. The Balaban J connectivity index is 1.96.